The van der Waals surface area contributed by atoms with E-state index in [1.165, 1.54) is 24.1 Å². The Bertz CT molecular complexity index is 394. The Morgan fingerprint density at radius 3 is 2.83 bits per heavy atom. The van der Waals surface area contributed by atoms with Crippen LogP contribution in [-0.4, -0.2) is 37.6 Å². The Morgan fingerprint density at radius 2 is 2.28 bits per heavy atom. The van der Waals surface area contributed by atoms with Crippen LogP contribution in [0.25, 0.3) is 0 Å². The van der Waals surface area contributed by atoms with Gasteiger partial charge in [0.25, 0.3) is 0 Å². The van der Waals surface area contributed by atoms with Crippen LogP contribution in [0, 0.1) is 5.82 Å². The third-order valence-corrected chi connectivity index (χ3v) is 2.73. The van der Waals surface area contributed by atoms with Crippen LogP contribution in [0.2, 0.25) is 0 Å². The highest BCUT2D eigenvalue weighted by Gasteiger charge is 2.15. The molecule has 0 aliphatic heterocycles. The highest BCUT2D eigenvalue weighted by atomic mass is 19.1. The monoisotopic (exact) mass is 254 g/mol. The minimum atomic E-state index is -0.301. The van der Waals surface area contributed by atoms with E-state index in [9.17, 15) is 9.18 Å². The summed E-state index contributed by atoms with van der Waals surface area (Å²) < 4.78 is 18.1. The summed E-state index contributed by atoms with van der Waals surface area (Å²) in [4.78, 5) is 13.4. The summed E-state index contributed by atoms with van der Waals surface area (Å²) in [7, 11) is 3.20. The van der Waals surface area contributed by atoms with Gasteiger partial charge in [-0.15, -0.1) is 0 Å². The molecule has 0 radical (unpaired) electrons. The van der Waals surface area contributed by atoms with Crippen molar-refractivity contribution in [1.29, 1.82) is 0 Å². The number of rotatable bonds is 6. The van der Waals surface area contributed by atoms with Gasteiger partial charge in [0.15, 0.2) is 0 Å². The Hall–Kier alpha value is -1.46. The number of nitrogens with zero attached hydrogens (tertiary/aromatic N) is 1. The van der Waals surface area contributed by atoms with Gasteiger partial charge in [0.1, 0.15) is 5.82 Å². The molecule has 1 atom stereocenters. The Morgan fingerprint density at radius 1 is 1.56 bits per heavy atom. The van der Waals surface area contributed by atoms with Crippen LogP contribution < -0.4 is 5.73 Å². The van der Waals surface area contributed by atoms with E-state index in [0.717, 1.165) is 5.56 Å². The highest BCUT2D eigenvalue weighted by Crippen LogP contribution is 2.08. The molecule has 0 bridgehead atoms. The molecule has 0 aliphatic carbocycles. The van der Waals surface area contributed by atoms with Gasteiger partial charge in [-0.1, -0.05) is 12.1 Å². The molecule has 1 amide bonds. The maximum absolute atomic E-state index is 13.0. The van der Waals surface area contributed by atoms with Gasteiger partial charge >= 0.3 is 0 Å². The smallest absolute Gasteiger partial charge is 0.225 e. The van der Waals surface area contributed by atoms with E-state index in [1.54, 1.807) is 19.2 Å². The molecule has 0 aliphatic rings. The van der Waals surface area contributed by atoms with Crippen LogP contribution in [0.15, 0.2) is 24.3 Å². The predicted octanol–water partition coefficient (Wildman–Crippen LogP) is 1.15. The number of amides is 1. The first-order chi connectivity index (χ1) is 8.56. The predicted molar refractivity (Wildman–Crippen MR) is 67.3 cm³/mol. The fourth-order valence-electron chi connectivity index (χ4n) is 1.61. The summed E-state index contributed by atoms with van der Waals surface area (Å²) in [6, 6.07) is 6.20. The average Bonchev–Trinajstić information content (AvgIpc) is 2.35. The molecule has 4 nitrogen and oxygen atoms in total. The number of carbonyl (C=O) groups excluding carboxylic acids is 1. The molecule has 0 heterocycles. The molecule has 0 aromatic heterocycles. The van der Waals surface area contributed by atoms with E-state index < -0.39 is 0 Å². The largest absolute Gasteiger partial charge is 0.380 e. The van der Waals surface area contributed by atoms with Crippen molar-refractivity contribution in [2.75, 3.05) is 20.7 Å². The van der Waals surface area contributed by atoms with Gasteiger partial charge in [-0.3, -0.25) is 4.79 Å². The fraction of sp³-hybridized carbons (Fsp3) is 0.462. The Balaban J connectivity index is 2.54. The molecule has 0 fully saturated rings. The van der Waals surface area contributed by atoms with Gasteiger partial charge in [-0.05, 0) is 17.7 Å². The van der Waals surface area contributed by atoms with Crippen molar-refractivity contribution in [3.05, 3.63) is 35.6 Å². The molecule has 0 saturated carbocycles. The third-order valence-electron chi connectivity index (χ3n) is 2.73. The summed E-state index contributed by atoms with van der Waals surface area (Å²) in [6.45, 7) is 0.674. The standard InChI is InChI=1S/C13H19FN2O2/c1-16(13(17)7-12(8-15)18-2)9-10-4-3-5-11(14)6-10/h3-6,12H,7-9,15H2,1-2H3. The minimum absolute atomic E-state index is 0.0726. The second kappa shape index (κ2) is 7.08. The van der Waals surface area contributed by atoms with E-state index in [4.69, 9.17) is 10.5 Å². The van der Waals surface area contributed by atoms with Crippen LogP contribution in [0.4, 0.5) is 4.39 Å². The van der Waals surface area contributed by atoms with Crippen LogP contribution in [-0.2, 0) is 16.1 Å². The van der Waals surface area contributed by atoms with Gasteiger partial charge in [-0.25, -0.2) is 4.39 Å². The molecule has 5 heteroatoms. The van der Waals surface area contributed by atoms with E-state index in [-0.39, 0.29) is 24.2 Å². The van der Waals surface area contributed by atoms with E-state index >= 15 is 0 Å². The third kappa shape index (κ3) is 4.43. The lowest BCUT2D eigenvalue weighted by Crippen LogP contribution is -2.33. The highest BCUT2D eigenvalue weighted by molar-refractivity contribution is 5.76. The average molecular weight is 254 g/mol. The molecule has 1 aromatic rings. The van der Waals surface area contributed by atoms with Crippen LogP contribution >= 0.6 is 0 Å². The van der Waals surface area contributed by atoms with Gasteiger partial charge in [0.2, 0.25) is 5.91 Å². The number of benzene rings is 1. The second-order valence-corrected chi connectivity index (χ2v) is 4.18. The van der Waals surface area contributed by atoms with E-state index in [1.807, 2.05) is 0 Å². The van der Waals surface area contributed by atoms with Crippen LogP contribution in [0.1, 0.15) is 12.0 Å². The number of ether oxygens (including phenoxy) is 1. The molecular formula is C13H19FN2O2. The zero-order valence-corrected chi connectivity index (χ0v) is 10.7. The minimum Gasteiger partial charge on any atom is -0.380 e. The zero-order valence-electron chi connectivity index (χ0n) is 10.7. The molecule has 1 aromatic carbocycles. The van der Waals surface area contributed by atoms with Crippen LogP contribution in [0.5, 0.6) is 0 Å². The Labute approximate surface area is 107 Å². The molecule has 18 heavy (non-hydrogen) atoms. The molecular weight excluding hydrogens is 235 g/mol. The summed E-state index contributed by atoms with van der Waals surface area (Å²) in [5, 5.41) is 0. The fourth-order valence-corrected chi connectivity index (χ4v) is 1.61. The lowest BCUT2D eigenvalue weighted by molar-refractivity contribution is -0.132. The maximum atomic E-state index is 13.0. The molecule has 1 unspecified atom stereocenters. The van der Waals surface area contributed by atoms with Crippen molar-refractivity contribution in [3.8, 4) is 0 Å². The SMILES string of the molecule is COC(CN)CC(=O)N(C)Cc1cccc(F)c1. The lowest BCUT2D eigenvalue weighted by atomic mass is 10.2. The van der Waals surface area contributed by atoms with Gasteiger partial charge in [-0.2, -0.15) is 0 Å². The first kappa shape index (κ1) is 14.6. The number of halogens is 1. The quantitative estimate of drug-likeness (QED) is 0.828. The van der Waals surface area contributed by atoms with Gasteiger partial charge in [0.05, 0.1) is 12.5 Å². The van der Waals surface area contributed by atoms with Crippen molar-refractivity contribution in [3.63, 3.8) is 0 Å². The van der Waals surface area contributed by atoms with Crippen molar-refractivity contribution in [1.82, 2.24) is 4.90 Å². The summed E-state index contributed by atoms with van der Waals surface area (Å²) in [5.41, 5.74) is 6.22. The number of methoxy groups -OCH3 is 1. The van der Waals surface area contributed by atoms with Crippen molar-refractivity contribution in [2.45, 2.75) is 19.1 Å². The second-order valence-electron chi connectivity index (χ2n) is 4.18. The first-order valence-corrected chi connectivity index (χ1v) is 5.78. The van der Waals surface area contributed by atoms with Gasteiger partial charge < -0.3 is 15.4 Å². The lowest BCUT2D eigenvalue weighted by Gasteiger charge is -2.20. The van der Waals surface area contributed by atoms with Crippen molar-refractivity contribution in [2.24, 2.45) is 5.73 Å². The number of nitrogens with two attached hydrogens (primary N) is 1. The number of hydrogen-bond acceptors (Lipinski definition) is 3. The normalized spacial score (nSPS) is 12.2. The van der Waals surface area contributed by atoms with Crippen LogP contribution in [0.3, 0.4) is 0 Å². The van der Waals surface area contributed by atoms with Crippen molar-refractivity contribution < 1.29 is 13.9 Å². The molecule has 0 saturated heterocycles. The Kier molecular flexibility index (Phi) is 5.74. The molecule has 1 rings (SSSR count). The topological polar surface area (TPSA) is 55.6 Å². The summed E-state index contributed by atoms with van der Waals surface area (Å²) in [5.74, 6) is -0.373. The van der Waals surface area contributed by atoms with E-state index in [2.05, 4.69) is 0 Å². The molecule has 0 spiro atoms. The number of carbonyl (C=O) groups is 1. The maximum Gasteiger partial charge on any atom is 0.225 e. The summed E-state index contributed by atoms with van der Waals surface area (Å²) in [6.07, 6.45) is -0.0359. The number of hydrogen-bond donors (Lipinski definition) is 1. The molecule has 100 valence electrons. The molecule has 2 N–H and O–H groups in total. The summed E-state index contributed by atoms with van der Waals surface area (Å²) >= 11 is 0. The van der Waals surface area contributed by atoms with Gasteiger partial charge in [0, 0.05) is 27.2 Å². The van der Waals surface area contributed by atoms with Crippen molar-refractivity contribution >= 4 is 5.91 Å². The first-order valence-electron chi connectivity index (χ1n) is 5.78. The zero-order chi connectivity index (χ0) is 13.5. The van der Waals surface area contributed by atoms with E-state index in [0.29, 0.717) is 13.1 Å².